The molecule has 0 radical (unpaired) electrons. The molecule has 3 heterocycles. The molecule has 2 aliphatic heterocycles. The summed E-state index contributed by atoms with van der Waals surface area (Å²) in [5, 5.41) is 1.08. The number of aryl methyl sites for hydroxylation is 1. The summed E-state index contributed by atoms with van der Waals surface area (Å²) in [6.07, 6.45) is 4.28. The number of hydrogen-bond donors (Lipinski definition) is 0. The molecule has 2 fully saturated rings. The highest BCUT2D eigenvalue weighted by Gasteiger charge is 2.32. The average molecular weight is 504 g/mol. The first-order chi connectivity index (χ1) is 16.9. The molecule has 2 aromatic carbocycles. The van der Waals surface area contributed by atoms with Crippen LogP contribution in [0.2, 0.25) is 0 Å². The second-order valence-electron chi connectivity index (χ2n) is 9.33. The minimum Gasteiger partial charge on any atom is -0.497 e. The summed E-state index contributed by atoms with van der Waals surface area (Å²) >= 11 is 6.97. The smallest absolute Gasteiger partial charge is 0.266 e. The van der Waals surface area contributed by atoms with Crippen molar-refractivity contribution in [2.75, 3.05) is 25.1 Å². The van der Waals surface area contributed by atoms with Gasteiger partial charge in [-0.15, -0.1) is 0 Å². The van der Waals surface area contributed by atoms with E-state index in [4.69, 9.17) is 21.9 Å². The largest absolute Gasteiger partial charge is 0.497 e. The van der Waals surface area contributed by atoms with Crippen molar-refractivity contribution in [3.05, 3.63) is 70.1 Å². The molecule has 35 heavy (non-hydrogen) atoms. The third-order valence-electron chi connectivity index (χ3n) is 6.80. The van der Waals surface area contributed by atoms with Gasteiger partial charge in [0, 0.05) is 24.0 Å². The van der Waals surface area contributed by atoms with Crippen molar-refractivity contribution in [3.63, 3.8) is 0 Å². The zero-order chi connectivity index (χ0) is 24.5. The number of para-hydroxylation sites is 1. The molecule has 7 heteroatoms. The highest BCUT2D eigenvalue weighted by Crippen LogP contribution is 2.37. The number of thiocarbonyl (C=S) groups is 1. The van der Waals surface area contributed by atoms with Crippen LogP contribution in [-0.4, -0.2) is 40.3 Å². The molecule has 0 aliphatic carbocycles. The lowest BCUT2D eigenvalue weighted by atomic mass is 9.98. The van der Waals surface area contributed by atoms with E-state index in [-0.39, 0.29) is 5.91 Å². The number of carbonyl (C=O) groups excluding carboxylic acids is 1. The molecule has 0 spiro atoms. The van der Waals surface area contributed by atoms with Crippen molar-refractivity contribution in [1.82, 2.24) is 9.88 Å². The summed E-state index contributed by atoms with van der Waals surface area (Å²) < 4.78 is 5.82. The van der Waals surface area contributed by atoms with Crippen molar-refractivity contribution >= 4 is 57.0 Å². The maximum absolute atomic E-state index is 13.4. The van der Waals surface area contributed by atoms with Gasteiger partial charge in [-0.25, -0.2) is 4.98 Å². The first kappa shape index (κ1) is 23.8. The molecule has 0 atom stereocenters. The molecule has 5 nitrogen and oxygen atoms in total. The van der Waals surface area contributed by atoms with E-state index in [9.17, 15) is 4.79 Å². The van der Waals surface area contributed by atoms with Gasteiger partial charge in [-0.05, 0) is 61.1 Å². The Labute approximate surface area is 216 Å². The Morgan fingerprint density at radius 1 is 1.17 bits per heavy atom. The first-order valence-corrected chi connectivity index (χ1v) is 13.2. The minimum atomic E-state index is -0.0571. The molecule has 3 aromatic rings. The lowest BCUT2D eigenvalue weighted by Gasteiger charge is -2.32. The zero-order valence-corrected chi connectivity index (χ0v) is 21.9. The maximum Gasteiger partial charge on any atom is 0.266 e. The number of benzene rings is 2. The minimum absolute atomic E-state index is 0.0571. The lowest BCUT2D eigenvalue weighted by Crippen LogP contribution is -2.34. The number of hydrogen-bond acceptors (Lipinski definition) is 6. The molecule has 180 valence electrons. The zero-order valence-electron chi connectivity index (χ0n) is 20.3. The number of piperidine rings is 1. The van der Waals surface area contributed by atoms with E-state index in [0.717, 1.165) is 71.0 Å². The fourth-order valence-corrected chi connectivity index (χ4v) is 5.87. The summed E-state index contributed by atoms with van der Waals surface area (Å²) in [5.74, 6) is 2.42. The number of anilines is 1. The number of nitrogens with zero attached hydrogens (tertiary/aromatic N) is 3. The quantitative estimate of drug-likeness (QED) is 0.306. The monoisotopic (exact) mass is 503 g/mol. The van der Waals surface area contributed by atoms with Gasteiger partial charge in [0.05, 0.1) is 24.1 Å². The van der Waals surface area contributed by atoms with Crippen LogP contribution in [-0.2, 0) is 11.3 Å². The Morgan fingerprint density at radius 3 is 2.63 bits per heavy atom. The number of thioether (sulfide) groups is 1. The van der Waals surface area contributed by atoms with Gasteiger partial charge in [-0.1, -0.05) is 61.2 Å². The van der Waals surface area contributed by atoms with Gasteiger partial charge < -0.3 is 9.64 Å². The maximum atomic E-state index is 13.4. The number of rotatable bonds is 5. The van der Waals surface area contributed by atoms with Crippen LogP contribution in [0.3, 0.4) is 0 Å². The van der Waals surface area contributed by atoms with Crippen molar-refractivity contribution in [2.24, 2.45) is 5.92 Å². The van der Waals surface area contributed by atoms with E-state index in [1.165, 1.54) is 11.8 Å². The second-order valence-corrected chi connectivity index (χ2v) is 11.0. The number of ether oxygens (including phenoxy) is 1. The van der Waals surface area contributed by atoms with E-state index in [0.29, 0.717) is 15.8 Å². The summed E-state index contributed by atoms with van der Waals surface area (Å²) in [6, 6.07) is 16.1. The second kappa shape index (κ2) is 9.99. The summed E-state index contributed by atoms with van der Waals surface area (Å²) in [6.45, 7) is 6.80. The van der Waals surface area contributed by atoms with Crippen LogP contribution < -0.4 is 9.64 Å². The van der Waals surface area contributed by atoms with Gasteiger partial charge in [0.25, 0.3) is 5.91 Å². The van der Waals surface area contributed by atoms with Crippen LogP contribution in [0.1, 0.15) is 36.5 Å². The van der Waals surface area contributed by atoms with E-state index >= 15 is 0 Å². The SMILES string of the molecule is COc1ccc(CN2C(=O)/C(=C/c3cc4cccc(C)c4nc3N3CCC(C)CC3)SC2=S)cc1. The van der Waals surface area contributed by atoms with Gasteiger partial charge in [-0.2, -0.15) is 0 Å². The average Bonchev–Trinajstić information content (AvgIpc) is 3.12. The number of carbonyl (C=O) groups is 1. The molecule has 2 saturated heterocycles. The molecular weight excluding hydrogens is 474 g/mol. The predicted octanol–water partition coefficient (Wildman–Crippen LogP) is 6.19. The molecule has 2 aliphatic rings. The van der Waals surface area contributed by atoms with Gasteiger partial charge >= 0.3 is 0 Å². The Kier molecular flexibility index (Phi) is 6.80. The summed E-state index contributed by atoms with van der Waals surface area (Å²) in [5.41, 5.74) is 4.16. The number of aromatic nitrogens is 1. The number of fused-ring (bicyclic) bond motifs is 1. The van der Waals surface area contributed by atoms with Gasteiger partial charge in [0.1, 0.15) is 15.9 Å². The third-order valence-corrected chi connectivity index (χ3v) is 8.18. The lowest BCUT2D eigenvalue weighted by molar-refractivity contribution is -0.122. The normalized spacial score (nSPS) is 18.2. The Morgan fingerprint density at radius 2 is 1.91 bits per heavy atom. The fraction of sp³-hybridized carbons (Fsp3) is 0.321. The number of pyridine rings is 1. The summed E-state index contributed by atoms with van der Waals surface area (Å²) in [7, 11) is 1.64. The van der Waals surface area contributed by atoms with Crippen molar-refractivity contribution in [3.8, 4) is 5.75 Å². The number of amides is 1. The van der Waals surface area contributed by atoms with Crippen LogP contribution >= 0.6 is 24.0 Å². The van der Waals surface area contributed by atoms with Crippen molar-refractivity contribution < 1.29 is 9.53 Å². The van der Waals surface area contributed by atoms with E-state index in [2.05, 4.69) is 43.0 Å². The number of methoxy groups -OCH3 is 1. The molecule has 0 bridgehead atoms. The predicted molar refractivity (Wildman–Crippen MR) is 149 cm³/mol. The highest BCUT2D eigenvalue weighted by atomic mass is 32.2. The van der Waals surface area contributed by atoms with Crippen LogP contribution in [0.15, 0.2) is 53.4 Å². The Hall–Kier alpha value is -2.90. The summed E-state index contributed by atoms with van der Waals surface area (Å²) in [4.78, 5) is 23.2. The highest BCUT2D eigenvalue weighted by molar-refractivity contribution is 8.26. The van der Waals surface area contributed by atoms with Crippen LogP contribution in [0, 0.1) is 12.8 Å². The fourth-order valence-electron chi connectivity index (χ4n) is 4.62. The standard InChI is InChI=1S/C28H29N3O2S2/c1-18-11-13-30(14-12-18)26-22(15-21-6-4-5-19(2)25(21)29-26)16-24-27(32)31(28(34)35-24)17-20-7-9-23(33-3)10-8-20/h4-10,15-16,18H,11-14,17H2,1-3H3/b24-16-. The molecule has 0 saturated carbocycles. The molecule has 1 amide bonds. The third kappa shape index (κ3) is 4.93. The van der Waals surface area contributed by atoms with Crippen LogP contribution in [0.4, 0.5) is 5.82 Å². The van der Waals surface area contributed by atoms with Crippen LogP contribution in [0.25, 0.3) is 17.0 Å². The van der Waals surface area contributed by atoms with Crippen LogP contribution in [0.5, 0.6) is 5.75 Å². The van der Waals surface area contributed by atoms with Gasteiger partial charge in [0.2, 0.25) is 0 Å². The van der Waals surface area contributed by atoms with Gasteiger partial charge in [-0.3, -0.25) is 9.69 Å². The van der Waals surface area contributed by atoms with E-state index in [1.807, 2.05) is 30.3 Å². The van der Waals surface area contributed by atoms with Crippen molar-refractivity contribution in [2.45, 2.75) is 33.2 Å². The Balaban J connectivity index is 1.48. The van der Waals surface area contributed by atoms with Gasteiger partial charge in [0.15, 0.2) is 0 Å². The molecule has 5 rings (SSSR count). The van der Waals surface area contributed by atoms with Crippen molar-refractivity contribution in [1.29, 1.82) is 0 Å². The molecular formula is C28H29N3O2S2. The van der Waals surface area contributed by atoms with E-state index < -0.39 is 0 Å². The van der Waals surface area contributed by atoms with E-state index in [1.54, 1.807) is 12.0 Å². The first-order valence-electron chi connectivity index (χ1n) is 12.0. The topological polar surface area (TPSA) is 45.7 Å². The molecule has 1 aromatic heterocycles. The molecule has 0 N–H and O–H groups in total. The Bertz CT molecular complexity index is 1310. The molecule has 0 unspecified atom stereocenters.